The Labute approximate surface area is 188 Å². The number of rotatable bonds is 6. The fraction of sp³-hybridized carbons (Fsp3) is 0.0870. The van der Waals surface area contributed by atoms with Gasteiger partial charge < -0.3 is 4.42 Å². The zero-order chi connectivity index (χ0) is 22.5. The van der Waals surface area contributed by atoms with Crippen LogP contribution < -0.4 is 0 Å². The Bertz CT molecular complexity index is 1250. The number of hydrogen-bond donors (Lipinski definition) is 0. The van der Waals surface area contributed by atoms with Crippen LogP contribution in [0.15, 0.2) is 86.5 Å². The van der Waals surface area contributed by atoms with Gasteiger partial charge in [0.05, 0.1) is 28.9 Å². The molecule has 160 valence electrons. The van der Waals surface area contributed by atoms with Crippen molar-refractivity contribution in [3.63, 3.8) is 0 Å². The van der Waals surface area contributed by atoms with Gasteiger partial charge in [0.15, 0.2) is 5.17 Å². The van der Waals surface area contributed by atoms with Crippen LogP contribution in [-0.2, 0) is 11.3 Å². The molecule has 8 nitrogen and oxygen atoms in total. The summed E-state index contributed by atoms with van der Waals surface area (Å²) >= 11 is 1.22. The number of thioether (sulfide) groups is 1. The average Bonchev–Trinajstić information content (AvgIpc) is 3.40. The van der Waals surface area contributed by atoms with Crippen molar-refractivity contribution >= 4 is 40.8 Å². The van der Waals surface area contributed by atoms with Gasteiger partial charge in [-0.25, -0.2) is 0 Å². The van der Waals surface area contributed by atoms with Gasteiger partial charge in [-0.1, -0.05) is 36.4 Å². The zero-order valence-electron chi connectivity index (χ0n) is 17.0. The lowest BCUT2D eigenvalue weighted by Crippen LogP contribution is -2.28. The summed E-state index contributed by atoms with van der Waals surface area (Å²) in [6.07, 6.45) is 4.80. The monoisotopic (exact) mass is 446 g/mol. The predicted octanol–water partition coefficient (Wildman–Crippen LogP) is 5.00. The summed E-state index contributed by atoms with van der Waals surface area (Å²) in [6.45, 7) is 2.20. The number of amidine groups is 1. The smallest absolute Gasteiger partial charge is 0.270 e. The maximum absolute atomic E-state index is 13.1. The molecular weight excluding hydrogens is 428 g/mol. The molecule has 1 aliphatic heterocycles. The number of furan rings is 1. The summed E-state index contributed by atoms with van der Waals surface area (Å²) in [5.74, 6) is 0.422. The van der Waals surface area contributed by atoms with Crippen LogP contribution in [0.1, 0.15) is 22.5 Å². The number of hydrogen-bond acceptors (Lipinski definition) is 7. The molecule has 0 aliphatic carbocycles. The van der Waals surface area contributed by atoms with Gasteiger partial charge in [0, 0.05) is 17.7 Å². The van der Waals surface area contributed by atoms with Crippen molar-refractivity contribution in [2.45, 2.75) is 13.5 Å². The van der Waals surface area contributed by atoms with E-state index in [1.165, 1.54) is 35.0 Å². The quantitative estimate of drug-likeness (QED) is 0.229. The van der Waals surface area contributed by atoms with Crippen LogP contribution in [0.4, 0.5) is 5.69 Å². The summed E-state index contributed by atoms with van der Waals surface area (Å²) in [5.41, 5.74) is 2.50. The molecule has 9 heteroatoms. The van der Waals surface area contributed by atoms with E-state index in [0.717, 1.165) is 11.1 Å². The Morgan fingerprint density at radius 1 is 1.16 bits per heavy atom. The van der Waals surface area contributed by atoms with Crippen LogP contribution in [0.3, 0.4) is 0 Å². The van der Waals surface area contributed by atoms with Crippen LogP contribution in [-0.4, -0.2) is 27.1 Å². The number of carbonyl (C=O) groups excluding carboxylic acids is 1. The molecule has 0 spiro atoms. The standard InChI is InChI=1S/C23H18N4O4S/c1-16-6-2-3-8-18(16)13-21-22(28)26(15-20-10-5-11-31-20)23(32-21)25-24-14-17-7-4-9-19(12-17)27(29)30/h2-14H,15H2,1H3/b21-13-,24-14+,25-23-. The van der Waals surface area contributed by atoms with E-state index in [2.05, 4.69) is 10.2 Å². The van der Waals surface area contributed by atoms with Gasteiger partial charge >= 0.3 is 0 Å². The first-order valence-corrected chi connectivity index (χ1v) is 10.5. The second-order valence-electron chi connectivity index (χ2n) is 6.92. The molecule has 3 aromatic rings. The topological polar surface area (TPSA) is 101 Å². The third-order valence-electron chi connectivity index (χ3n) is 4.69. The van der Waals surface area contributed by atoms with Gasteiger partial charge in [0.2, 0.25) is 0 Å². The third-order valence-corrected chi connectivity index (χ3v) is 5.69. The number of non-ortho nitro benzene ring substituents is 1. The van der Waals surface area contributed by atoms with Gasteiger partial charge in [-0.3, -0.25) is 19.8 Å². The summed E-state index contributed by atoms with van der Waals surface area (Å²) in [4.78, 5) is 25.6. The van der Waals surface area contributed by atoms with Crippen molar-refractivity contribution in [2.75, 3.05) is 0 Å². The molecule has 0 unspecified atom stereocenters. The number of carbonyl (C=O) groups is 1. The number of nitro benzene ring substituents is 1. The Morgan fingerprint density at radius 3 is 2.75 bits per heavy atom. The summed E-state index contributed by atoms with van der Waals surface area (Å²) in [6, 6.07) is 17.4. The van der Waals surface area contributed by atoms with Crippen LogP contribution in [0.25, 0.3) is 6.08 Å². The summed E-state index contributed by atoms with van der Waals surface area (Å²) in [5, 5.41) is 19.6. The fourth-order valence-electron chi connectivity index (χ4n) is 3.03. The van der Waals surface area contributed by atoms with E-state index in [9.17, 15) is 14.9 Å². The maximum Gasteiger partial charge on any atom is 0.270 e. The number of nitrogens with zero attached hydrogens (tertiary/aromatic N) is 4. The molecule has 1 fully saturated rings. The van der Waals surface area contributed by atoms with Crippen LogP contribution in [0, 0.1) is 17.0 Å². The van der Waals surface area contributed by atoms with E-state index in [1.807, 2.05) is 37.3 Å². The lowest BCUT2D eigenvalue weighted by atomic mass is 10.1. The van der Waals surface area contributed by atoms with Gasteiger partial charge in [-0.05, 0) is 48.0 Å². The van der Waals surface area contributed by atoms with Crippen LogP contribution in [0.2, 0.25) is 0 Å². The molecule has 0 bridgehead atoms. The highest BCUT2D eigenvalue weighted by Crippen LogP contribution is 2.34. The fourth-order valence-corrected chi connectivity index (χ4v) is 3.96. The first-order chi connectivity index (χ1) is 15.5. The van der Waals surface area contributed by atoms with Crippen molar-refractivity contribution < 1.29 is 14.1 Å². The number of amides is 1. The predicted molar refractivity (Wildman–Crippen MR) is 124 cm³/mol. The van der Waals surface area contributed by atoms with E-state index in [1.54, 1.807) is 30.5 Å². The van der Waals surface area contributed by atoms with Crippen molar-refractivity contribution in [3.8, 4) is 0 Å². The minimum atomic E-state index is -0.470. The van der Waals surface area contributed by atoms with Gasteiger partial charge in [-0.15, -0.1) is 5.10 Å². The van der Waals surface area contributed by atoms with Gasteiger partial charge in [0.1, 0.15) is 5.76 Å². The van der Waals surface area contributed by atoms with Gasteiger partial charge in [-0.2, -0.15) is 5.10 Å². The first kappa shape index (κ1) is 21.3. The highest BCUT2D eigenvalue weighted by Gasteiger charge is 2.34. The van der Waals surface area contributed by atoms with E-state index >= 15 is 0 Å². The normalized spacial score (nSPS) is 16.5. The molecule has 4 rings (SSSR count). The molecule has 2 heterocycles. The number of benzene rings is 2. The Balaban J connectivity index is 1.63. The van der Waals surface area contributed by atoms with Crippen molar-refractivity contribution in [1.29, 1.82) is 0 Å². The zero-order valence-corrected chi connectivity index (χ0v) is 17.9. The van der Waals surface area contributed by atoms with Gasteiger partial charge in [0.25, 0.3) is 11.6 Å². The van der Waals surface area contributed by atoms with E-state index in [-0.39, 0.29) is 18.1 Å². The Hall–Kier alpha value is -3.98. The molecule has 1 saturated heterocycles. The Kier molecular flexibility index (Phi) is 6.27. The number of nitro groups is 1. The molecule has 1 aliphatic rings. The highest BCUT2D eigenvalue weighted by molar-refractivity contribution is 8.18. The SMILES string of the molecule is Cc1ccccc1/C=C1\S/C(=N\N=C\c2cccc([N+](=O)[O-])c2)N(Cc2ccco2)C1=O. The molecule has 0 atom stereocenters. The largest absolute Gasteiger partial charge is 0.467 e. The maximum atomic E-state index is 13.1. The lowest BCUT2D eigenvalue weighted by molar-refractivity contribution is -0.384. The molecule has 2 aromatic carbocycles. The Morgan fingerprint density at radius 2 is 2.00 bits per heavy atom. The minimum absolute atomic E-state index is 0.0325. The molecule has 1 amide bonds. The molecule has 32 heavy (non-hydrogen) atoms. The first-order valence-electron chi connectivity index (χ1n) is 9.66. The van der Waals surface area contributed by atoms with E-state index in [0.29, 0.717) is 21.4 Å². The lowest BCUT2D eigenvalue weighted by Gasteiger charge is -2.12. The average molecular weight is 446 g/mol. The molecular formula is C23H18N4O4S. The molecule has 1 aromatic heterocycles. The van der Waals surface area contributed by atoms with Crippen LogP contribution >= 0.6 is 11.8 Å². The molecule has 0 N–H and O–H groups in total. The van der Waals surface area contributed by atoms with Crippen molar-refractivity contribution in [3.05, 3.63) is 104 Å². The van der Waals surface area contributed by atoms with E-state index < -0.39 is 4.92 Å². The van der Waals surface area contributed by atoms with Crippen molar-refractivity contribution in [2.24, 2.45) is 10.2 Å². The second kappa shape index (κ2) is 9.44. The van der Waals surface area contributed by atoms with Crippen LogP contribution in [0.5, 0.6) is 0 Å². The highest BCUT2D eigenvalue weighted by atomic mass is 32.2. The number of aryl methyl sites for hydroxylation is 1. The van der Waals surface area contributed by atoms with E-state index in [4.69, 9.17) is 4.42 Å². The minimum Gasteiger partial charge on any atom is -0.467 e. The second-order valence-corrected chi connectivity index (χ2v) is 7.93. The molecule has 0 radical (unpaired) electrons. The van der Waals surface area contributed by atoms with Crippen molar-refractivity contribution in [1.82, 2.24) is 4.90 Å². The molecule has 0 saturated carbocycles. The summed E-state index contributed by atoms with van der Waals surface area (Å²) < 4.78 is 5.39. The third kappa shape index (κ3) is 4.84. The summed E-state index contributed by atoms with van der Waals surface area (Å²) in [7, 11) is 0.